The minimum atomic E-state index is -0.966. The standard InChI is InChI=1S/C16H26N4O3/c1-11(17-9-10-19(2)3)13-14(21)18-16(23)20(15(13)22)12-7-5-4-6-8-12/h12-13H,4-10H2,1-3H3,(H,18,21,23)/p+1. The number of barbiturate groups is 1. The molecule has 23 heavy (non-hydrogen) atoms. The second-order valence-corrected chi connectivity index (χ2v) is 6.71. The van der Waals surface area contributed by atoms with Crippen molar-refractivity contribution in [2.75, 3.05) is 27.2 Å². The van der Waals surface area contributed by atoms with E-state index < -0.39 is 23.8 Å². The number of rotatable bonds is 5. The Morgan fingerprint density at radius 3 is 2.48 bits per heavy atom. The Morgan fingerprint density at radius 1 is 1.22 bits per heavy atom. The fourth-order valence-corrected chi connectivity index (χ4v) is 3.19. The van der Waals surface area contributed by atoms with Gasteiger partial charge >= 0.3 is 6.03 Å². The number of urea groups is 1. The van der Waals surface area contributed by atoms with E-state index >= 15 is 0 Å². The number of nitrogens with one attached hydrogen (secondary N) is 2. The summed E-state index contributed by atoms with van der Waals surface area (Å²) in [5.41, 5.74) is 0.488. The highest BCUT2D eigenvalue weighted by Gasteiger charge is 2.44. The predicted molar refractivity (Wildman–Crippen MR) is 86.4 cm³/mol. The van der Waals surface area contributed by atoms with Crippen LogP contribution >= 0.6 is 0 Å². The average Bonchev–Trinajstić information content (AvgIpc) is 2.47. The van der Waals surface area contributed by atoms with Crippen molar-refractivity contribution in [2.24, 2.45) is 10.9 Å². The molecular weight excluding hydrogens is 296 g/mol. The van der Waals surface area contributed by atoms with E-state index in [1.54, 1.807) is 6.92 Å². The van der Waals surface area contributed by atoms with Gasteiger partial charge in [0.1, 0.15) is 0 Å². The van der Waals surface area contributed by atoms with Crippen LogP contribution in [-0.4, -0.2) is 61.7 Å². The highest BCUT2D eigenvalue weighted by Crippen LogP contribution is 2.26. The first-order chi connectivity index (χ1) is 10.9. The quantitative estimate of drug-likeness (QED) is 0.534. The zero-order valence-electron chi connectivity index (χ0n) is 14.2. The van der Waals surface area contributed by atoms with Crippen molar-refractivity contribution in [3.8, 4) is 0 Å². The highest BCUT2D eigenvalue weighted by molar-refractivity contribution is 6.27. The molecule has 2 N–H and O–H groups in total. The Bertz CT molecular complexity index is 509. The van der Waals surface area contributed by atoms with Crippen molar-refractivity contribution >= 4 is 23.6 Å². The van der Waals surface area contributed by atoms with Gasteiger partial charge < -0.3 is 4.90 Å². The van der Waals surface area contributed by atoms with Gasteiger partial charge in [0, 0.05) is 11.8 Å². The number of amides is 4. The maximum Gasteiger partial charge on any atom is 0.331 e. The lowest BCUT2D eigenvalue weighted by Crippen LogP contribution is -3.06. The zero-order valence-corrected chi connectivity index (χ0v) is 14.2. The van der Waals surface area contributed by atoms with Gasteiger partial charge in [-0.2, -0.15) is 0 Å². The third-order valence-corrected chi connectivity index (χ3v) is 4.53. The summed E-state index contributed by atoms with van der Waals surface area (Å²) >= 11 is 0. The molecule has 0 aromatic heterocycles. The van der Waals surface area contributed by atoms with Crippen molar-refractivity contribution in [1.82, 2.24) is 10.2 Å². The summed E-state index contributed by atoms with van der Waals surface area (Å²) in [7, 11) is 4.04. The molecule has 1 aliphatic carbocycles. The molecule has 4 amide bonds. The van der Waals surface area contributed by atoms with E-state index in [1.165, 1.54) is 9.80 Å². The Morgan fingerprint density at radius 2 is 1.87 bits per heavy atom. The van der Waals surface area contributed by atoms with Gasteiger partial charge in [0.05, 0.1) is 27.2 Å². The van der Waals surface area contributed by atoms with Crippen LogP contribution in [0.2, 0.25) is 0 Å². The Labute approximate surface area is 137 Å². The van der Waals surface area contributed by atoms with Gasteiger partial charge in [-0.1, -0.05) is 19.3 Å². The van der Waals surface area contributed by atoms with E-state index in [1.807, 2.05) is 14.1 Å². The molecule has 0 aromatic rings. The summed E-state index contributed by atoms with van der Waals surface area (Å²) in [5.74, 6) is -1.93. The number of hydrogen-bond acceptors (Lipinski definition) is 4. The van der Waals surface area contributed by atoms with Crippen LogP contribution in [0.3, 0.4) is 0 Å². The van der Waals surface area contributed by atoms with E-state index in [2.05, 4.69) is 10.3 Å². The number of imide groups is 2. The lowest BCUT2D eigenvalue weighted by molar-refractivity contribution is -0.856. The molecule has 0 aromatic carbocycles. The summed E-state index contributed by atoms with van der Waals surface area (Å²) < 4.78 is 0. The van der Waals surface area contributed by atoms with Gasteiger partial charge in [-0.15, -0.1) is 0 Å². The van der Waals surface area contributed by atoms with Crippen molar-refractivity contribution in [3.63, 3.8) is 0 Å². The largest absolute Gasteiger partial charge is 0.338 e. The molecule has 2 fully saturated rings. The van der Waals surface area contributed by atoms with E-state index in [0.717, 1.165) is 38.6 Å². The molecule has 0 spiro atoms. The molecule has 1 atom stereocenters. The van der Waals surface area contributed by atoms with E-state index in [0.29, 0.717) is 12.3 Å². The minimum Gasteiger partial charge on any atom is -0.338 e. The molecule has 1 heterocycles. The summed E-state index contributed by atoms with van der Waals surface area (Å²) in [6.45, 7) is 3.08. The Balaban J connectivity index is 2.13. The molecular formula is C16H27N4O3+. The van der Waals surface area contributed by atoms with Crippen molar-refractivity contribution < 1.29 is 19.3 Å². The van der Waals surface area contributed by atoms with E-state index in [9.17, 15) is 14.4 Å². The molecule has 1 unspecified atom stereocenters. The van der Waals surface area contributed by atoms with Gasteiger partial charge in [0.15, 0.2) is 5.92 Å². The second-order valence-electron chi connectivity index (χ2n) is 6.71. The normalized spacial score (nSPS) is 24.3. The number of hydrogen-bond donors (Lipinski definition) is 2. The van der Waals surface area contributed by atoms with Crippen LogP contribution in [0.15, 0.2) is 4.99 Å². The number of carbonyl (C=O) groups is 3. The summed E-state index contributed by atoms with van der Waals surface area (Å²) in [6.07, 6.45) is 4.80. The molecule has 1 saturated heterocycles. The van der Waals surface area contributed by atoms with Crippen LogP contribution in [-0.2, 0) is 9.59 Å². The molecule has 2 rings (SSSR count). The van der Waals surface area contributed by atoms with Crippen molar-refractivity contribution in [3.05, 3.63) is 0 Å². The van der Waals surface area contributed by atoms with Crippen LogP contribution in [0.5, 0.6) is 0 Å². The Kier molecular flexibility index (Phi) is 5.87. The van der Waals surface area contributed by atoms with E-state index in [-0.39, 0.29) is 6.04 Å². The van der Waals surface area contributed by atoms with Gasteiger partial charge in [0.2, 0.25) is 11.8 Å². The molecule has 0 bridgehead atoms. The SMILES string of the molecule is CC(=NCC[NH+](C)C)C1C(=O)NC(=O)N(C2CCCCC2)C1=O. The van der Waals surface area contributed by atoms with Gasteiger partial charge in [-0.05, 0) is 19.8 Å². The third-order valence-electron chi connectivity index (χ3n) is 4.53. The molecule has 7 nitrogen and oxygen atoms in total. The van der Waals surface area contributed by atoms with Crippen LogP contribution in [0.4, 0.5) is 4.79 Å². The fraction of sp³-hybridized carbons (Fsp3) is 0.750. The number of nitrogens with zero attached hydrogens (tertiary/aromatic N) is 2. The fourth-order valence-electron chi connectivity index (χ4n) is 3.19. The van der Waals surface area contributed by atoms with Crippen LogP contribution in [0, 0.1) is 5.92 Å². The monoisotopic (exact) mass is 323 g/mol. The van der Waals surface area contributed by atoms with Gasteiger partial charge in [-0.25, -0.2) is 4.79 Å². The van der Waals surface area contributed by atoms with Crippen LogP contribution in [0.25, 0.3) is 0 Å². The topological polar surface area (TPSA) is 83.3 Å². The summed E-state index contributed by atoms with van der Waals surface area (Å²) in [5, 5.41) is 2.33. The molecule has 2 aliphatic rings. The van der Waals surface area contributed by atoms with Crippen molar-refractivity contribution in [2.45, 2.75) is 45.1 Å². The van der Waals surface area contributed by atoms with Crippen LogP contribution < -0.4 is 10.2 Å². The van der Waals surface area contributed by atoms with E-state index in [4.69, 9.17) is 0 Å². The first-order valence-electron chi connectivity index (χ1n) is 8.39. The third kappa shape index (κ3) is 4.16. The average molecular weight is 323 g/mol. The lowest BCUT2D eigenvalue weighted by atomic mass is 9.91. The molecule has 128 valence electrons. The number of likely N-dealkylation sites (N-methyl/N-ethyl adjacent to an activating group) is 1. The maximum atomic E-state index is 12.7. The molecule has 0 radical (unpaired) electrons. The molecule has 1 aliphatic heterocycles. The maximum absolute atomic E-state index is 12.7. The van der Waals surface area contributed by atoms with Gasteiger partial charge in [-0.3, -0.25) is 24.8 Å². The van der Waals surface area contributed by atoms with Crippen LogP contribution in [0.1, 0.15) is 39.0 Å². The Hall–Kier alpha value is -1.76. The second kappa shape index (κ2) is 7.68. The first-order valence-corrected chi connectivity index (χ1v) is 8.39. The smallest absolute Gasteiger partial charge is 0.331 e. The molecule has 7 heteroatoms. The minimum absolute atomic E-state index is 0.0918. The van der Waals surface area contributed by atoms with Gasteiger partial charge in [0.25, 0.3) is 0 Å². The number of aliphatic imine (C=N–C) groups is 1. The molecule has 1 saturated carbocycles. The number of carbonyl (C=O) groups excluding carboxylic acids is 3. The first kappa shape index (κ1) is 17.6. The highest BCUT2D eigenvalue weighted by atomic mass is 16.2. The summed E-state index contributed by atoms with van der Waals surface area (Å²) in [6, 6.07) is -0.667. The zero-order chi connectivity index (χ0) is 17.0. The number of quaternary nitrogens is 1. The lowest BCUT2D eigenvalue weighted by Gasteiger charge is -2.37. The summed E-state index contributed by atoms with van der Waals surface area (Å²) in [4.78, 5) is 43.9. The van der Waals surface area contributed by atoms with Crippen molar-refractivity contribution in [1.29, 1.82) is 0 Å². The predicted octanol–water partition coefficient (Wildman–Crippen LogP) is -0.381.